The van der Waals surface area contributed by atoms with Crippen LogP contribution in [0.3, 0.4) is 0 Å². The molecule has 0 spiro atoms. The van der Waals surface area contributed by atoms with Crippen molar-refractivity contribution in [2.45, 2.75) is 38.0 Å². The monoisotopic (exact) mass is 347 g/mol. The molecule has 3 rings (SSSR count). The van der Waals surface area contributed by atoms with E-state index in [2.05, 4.69) is 5.43 Å². The maximum atomic E-state index is 13.9. The lowest BCUT2D eigenvalue weighted by atomic mass is 9.94. The van der Waals surface area contributed by atoms with Gasteiger partial charge in [-0.15, -0.1) is 0 Å². The van der Waals surface area contributed by atoms with Gasteiger partial charge >= 0.3 is 6.18 Å². The summed E-state index contributed by atoms with van der Waals surface area (Å²) < 4.78 is 41.6. The van der Waals surface area contributed by atoms with Gasteiger partial charge in [0.15, 0.2) is 6.04 Å². The first-order valence-corrected chi connectivity index (χ1v) is 7.72. The average Bonchev–Trinajstić information content (AvgIpc) is 2.77. The number of nitrogens with zero attached hydrogens (tertiary/aromatic N) is 2. The molecule has 1 aliphatic rings. The zero-order valence-corrected chi connectivity index (χ0v) is 13.7. The fraction of sp³-hybridized carbons (Fsp3) is 0.333. The van der Waals surface area contributed by atoms with E-state index in [4.69, 9.17) is 0 Å². The fourth-order valence-corrected chi connectivity index (χ4v) is 3.26. The molecule has 0 saturated carbocycles. The standard InChI is InChI=1S/C18H16F3N3O/c1-17(2)9-15(25)23-24(17)16(18(19,20)21)12-7-6-11-4-3-5-13(10-22)14(11)8-12/h3-8,16H,9H2,1-2H3,(H,23,25)/t16-/m0/s1. The summed E-state index contributed by atoms with van der Waals surface area (Å²) >= 11 is 0. The van der Waals surface area contributed by atoms with Crippen molar-refractivity contribution in [3.63, 3.8) is 0 Å². The lowest BCUT2D eigenvalue weighted by molar-refractivity contribution is -0.203. The van der Waals surface area contributed by atoms with Crippen LogP contribution < -0.4 is 5.43 Å². The van der Waals surface area contributed by atoms with Crippen molar-refractivity contribution in [3.05, 3.63) is 47.5 Å². The predicted octanol–water partition coefficient (Wildman–Crippen LogP) is 3.83. The van der Waals surface area contributed by atoms with Gasteiger partial charge in [0.25, 0.3) is 0 Å². The highest BCUT2D eigenvalue weighted by Crippen LogP contribution is 2.43. The number of fused-ring (bicyclic) bond motifs is 1. The van der Waals surface area contributed by atoms with Crippen molar-refractivity contribution in [3.8, 4) is 6.07 Å². The van der Waals surface area contributed by atoms with E-state index in [1.807, 2.05) is 6.07 Å². The SMILES string of the molecule is CC1(C)CC(=O)NN1[C@@H](c1ccc2cccc(C#N)c2c1)C(F)(F)F. The second-order valence-corrected chi connectivity index (χ2v) is 6.74. The van der Waals surface area contributed by atoms with Gasteiger partial charge in [0.05, 0.1) is 11.6 Å². The average molecular weight is 347 g/mol. The number of amides is 1. The Morgan fingerprint density at radius 3 is 2.56 bits per heavy atom. The number of nitriles is 1. The van der Waals surface area contributed by atoms with Crippen molar-refractivity contribution >= 4 is 16.7 Å². The third-order valence-corrected chi connectivity index (χ3v) is 4.40. The van der Waals surface area contributed by atoms with Crippen LogP contribution in [0.2, 0.25) is 0 Å². The Morgan fingerprint density at radius 1 is 1.28 bits per heavy atom. The molecule has 1 saturated heterocycles. The molecule has 4 nitrogen and oxygen atoms in total. The van der Waals surface area contributed by atoms with Gasteiger partial charge in [-0.3, -0.25) is 10.2 Å². The predicted molar refractivity (Wildman–Crippen MR) is 86.1 cm³/mol. The maximum absolute atomic E-state index is 13.9. The van der Waals surface area contributed by atoms with E-state index in [1.165, 1.54) is 12.1 Å². The zero-order valence-electron chi connectivity index (χ0n) is 13.7. The van der Waals surface area contributed by atoms with Gasteiger partial charge in [0.1, 0.15) is 0 Å². The van der Waals surface area contributed by atoms with Crippen molar-refractivity contribution in [1.29, 1.82) is 5.26 Å². The third kappa shape index (κ3) is 3.05. The second kappa shape index (κ2) is 5.74. The summed E-state index contributed by atoms with van der Waals surface area (Å²) in [6.45, 7) is 3.18. The second-order valence-electron chi connectivity index (χ2n) is 6.74. The zero-order chi connectivity index (χ0) is 18.4. The minimum absolute atomic E-state index is 0.0158. The summed E-state index contributed by atoms with van der Waals surface area (Å²) in [5, 5.41) is 11.3. The molecule has 0 unspecified atom stereocenters. The Labute approximate surface area is 142 Å². The van der Waals surface area contributed by atoms with E-state index in [9.17, 15) is 23.2 Å². The van der Waals surface area contributed by atoms with Crippen LogP contribution in [0.1, 0.15) is 37.4 Å². The minimum atomic E-state index is -4.59. The molecule has 0 aromatic heterocycles. The van der Waals surface area contributed by atoms with Crippen LogP contribution in [0.25, 0.3) is 10.8 Å². The molecular formula is C18H16F3N3O. The van der Waals surface area contributed by atoms with Crippen LogP contribution >= 0.6 is 0 Å². The number of hydrogen-bond acceptors (Lipinski definition) is 3. The Bertz CT molecular complexity index is 883. The number of hydrogen-bond donors (Lipinski definition) is 1. The van der Waals surface area contributed by atoms with E-state index in [0.29, 0.717) is 16.3 Å². The molecule has 1 atom stereocenters. The highest BCUT2D eigenvalue weighted by molar-refractivity contribution is 5.88. The molecule has 0 aliphatic carbocycles. The van der Waals surface area contributed by atoms with E-state index < -0.39 is 23.7 Å². The van der Waals surface area contributed by atoms with Crippen LogP contribution in [-0.2, 0) is 4.79 Å². The van der Waals surface area contributed by atoms with Crippen molar-refractivity contribution in [1.82, 2.24) is 10.4 Å². The molecule has 7 heteroatoms. The molecule has 1 aliphatic heterocycles. The molecule has 1 fully saturated rings. The molecule has 0 bridgehead atoms. The number of rotatable bonds is 2. The Morgan fingerprint density at radius 2 is 2.00 bits per heavy atom. The van der Waals surface area contributed by atoms with Gasteiger partial charge in [-0.05, 0) is 42.3 Å². The first-order chi connectivity index (χ1) is 11.6. The van der Waals surface area contributed by atoms with Gasteiger partial charge in [-0.25, -0.2) is 0 Å². The molecule has 1 amide bonds. The molecular weight excluding hydrogens is 331 g/mol. The third-order valence-electron chi connectivity index (χ3n) is 4.40. The van der Waals surface area contributed by atoms with E-state index >= 15 is 0 Å². The van der Waals surface area contributed by atoms with Gasteiger partial charge < -0.3 is 0 Å². The summed E-state index contributed by atoms with van der Waals surface area (Å²) in [4.78, 5) is 11.7. The van der Waals surface area contributed by atoms with Crippen molar-refractivity contribution in [2.75, 3.05) is 0 Å². The topological polar surface area (TPSA) is 56.1 Å². The first kappa shape index (κ1) is 17.2. The van der Waals surface area contributed by atoms with E-state index in [1.54, 1.807) is 38.1 Å². The molecule has 130 valence electrons. The smallest absolute Gasteiger partial charge is 0.287 e. The van der Waals surface area contributed by atoms with Crippen LogP contribution in [0.15, 0.2) is 36.4 Å². The summed E-state index contributed by atoms with van der Waals surface area (Å²) in [5.41, 5.74) is 1.64. The summed E-state index contributed by atoms with van der Waals surface area (Å²) in [7, 11) is 0. The quantitative estimate of drug-likeness (QED) is 0.898. The number of halogens is 3. The number of alkyl halides is 3. The molecule has 25 heavy (non-hydrogen) atoms. The minimum Gasteiger partial charge on any atom is -0.287 e. The first-order valence-electron chi connectivity index (χ1n) is 7.72. The lowest BCUT2D eigenvalue weighted by Gasteiger charge is -2.38. The number of carbonyl (C=O) groups is 1. The van der Waals surface area contributed by atoms with Crippen molar-refractivity contribution < 1.29 is 18.0 Å². The number of carbonyl (C=O) groups excluding carboxylic acids is 1. The Kier molecular flexibility index (Phi) is 3.96. The fourth-order valence-electron chi connectivity index (χ4n) is 3.26. The highest BCUT2D eigenvalue weighted by atomic mass is 19.4. The largest absolute Gasteiger partial charge is 0.409 e. The Hall–Kier alpha value is -2.59. The molecule has 0 radical (unpaired) electrons. The van der Waals surface area contributed by atoms with Gasteiger partial charge in [0.2, 0.25) is 5.91 Å². The number of hydrazine groups is 1. The highest BCUT2D eigenvalue weighted by Gasteiger charge is 2.52. The van der Waals surface area contributed by atoms with Gasteiger partial charge in [-0.2, -0.15) is 23.4 Å². The van der Waals surface area contributed by atoms with Crippen LogP contribution in [0, 0.1) is 11.3 Å². The summed E-state index contributed by atoms with van der Waals surface area (Å²) in [6.07, 6.45) is -4.61. The molecule has 2 aromatic rings. The van der Waals surface area contributed by atoms with E-state index in [0.717, 1.165) is 5.01 Å². The van der Waals surface area contributed by atoms with Crippen LogP contribution in [0.4, 0.5) is 13.2 Å². The molecule has 1 N–H and O–H groups in total. The summed E-state index contributed by atoms with van der Waals surface area (Å²) in [6, 6.07) is 9.34. The molecule has 2 aromatic carbocycles. The molecule has 1 heterocycles. The number of benzene rings is 2. The van der Waals surface area contributed by atoms with E-state index in [-0.39, 0.29) is 12.0 Å². The number of nitrogens with one attached hydrogen (secondary N) is 1. The lowest BCUT2D eigenvalue weighted by Crippen LogP contribution is -2.51. The van der Waals surface area contributed by atoms with Gasteiger partial charge in [0, 0.05) is 12.0 Å². The Balaban J connectivity index is 2.17. The van der Waals surface area contributed by atoms with Gasteiger partial charge in [-0.1, -0.05) is 24.3 Å². The normalized spacial score (nSPS) is 18.8. The maximum Gasteiger partial charge on any atom is 0.409 e. The van der Waals surface area contributed by atoms with Crippen LogP contribution in [0.5, 0.6) is 0 Å². The van der Waals surface area contributed by atoms with Crippen molar-refractivity contribution in [2.24, 2.45) is 0 Å². The summed E-state index contributed by atoms with van der Waals surface area (Å²) in [5.74, 6) is -0.447. The van der Waals surface area contributed by atoms with Crippen LogP contribution in [-0.4, -0.2) is 22.6 Å².